The third-order valence-corrected chi connectivity index (χ3v) is 6.14. The van der Waals surface area contributed by atoms with E-state index in [0.717, 1.165) is 23.9 Å². The van der Waals surface area contributed by atoms with Crippen molar-refractivity contribution in [3.05, 3.63) is 58.5 Å². The molecule has 1 unspecified atom stereocenters. The fourth-order valence-corrected chi connectivity index (χ4v) is 4.61. The number of hydrogen-bond donors (Lipinski definition) is 5. The van der Waals surface area contributed by atoms with E-state index in [1.807, 2.05) is 33.6 Å². The molecule has 0 radical (unpaired) electrons. The number of para-hydroxylation sites is 2. The second-order valence-corrected chi connectivity index (χ2v) is 9.08. The van der Waals surface area contributed by atoms with E-state index >= 15 is 0 Å². The number of aromatic nitrogens is 2. The monoisotopic (exact) mass is 483 g/mol. The zero-order valence-corrected chi connectivity index (χ0v) is 18.8. The highest BCUT2D eigenvalue weighted by Crippen LogP contribution is 2.29. The highest BCUT2D eigenvalue weighted by Gasteiger charge is 2.25. The molecule has 6 N–H and O–H groups in total. The van der Waals surface area contributed by atoms with Gasteiger partial charge in [0.1, 0.15) is 5.75 Å². The average Bonchev–Trinajstić information content (AvgIpc) is 3.05. The van der Waals surface area contributed by atoms with Crippen molar-refractivity contribution >= 4 is 39.3 Å². The molecule has 4 rings (SSSR count). The first-order valence-electron chi connectivity index (χ1n) is 9.94. The van der Waals surface area contributed by atoms with Gasteiger partial charge in [0, 0.05) is 25.7 Å². The quantitative estimate of drug-likeness (QED) is 0.334. The van der Waals surface area contributed by atoms with Gasteiger partial charge in [-0.15, -0.1) is 12.4 Å². The van der Waals surface area contributed by atoms with E-state index in [-0.39, 0.29) is 35.6 Å². The largest absolute Gasteiger partial charge is 0.506 e. The minimum Gasteiger partial charge on any atom is -0.506 e. The first-order valence-corrected chi connectivity index (χ1v) is 11.5. The molecule has 1 aromatic heterocycles. The number of aromatic amines is 1. The molecule has 0 bridgehead atoms. The molecule has 2 heterocycles. The molecule has 174 valence electrons. The third kappa shape index (κ3) is 5.25. The molecule has 1 aliphatic heterocycles. The highest BCUT2D eigenvalue weighted by atomic mass is 35.5. The van der Waals surface area contributed by atoms with Crippen molar-refractivity contribution in [2.45, 2.75) is 25.0 Å². The first-order chi connectivity index (χ1) is 14.7. The average molecular weight is 484 g/mol. The number of piperidine rings is 1. The van der Waals surface area contributed by atoms with E-state index in [9.17, 15) is 23.4 Å². The van der Waals surface area contributed by atoms with Crippen molar-refractivity contribution in [2.75, 3.05) is 24.4 Å². The topological polar surface area (TPSA) is 154 Å². The van der Waals surface area contributed by atoms with Crippen LogP contribution in [0.15, 0.2) is 47.3 Å². The van der Waals surface area contributed by atoms with Gasteiger partial charge in [0.15, 0.2) is 0 Å². The van der Waals surface area contributed by atoms with Crippen LogP contribution in [0.4, 0.5) is 5.69 Å². The number of imidazole rings is 1. The first kappa shape index (κ1) is 24.1. The number of benzene rings is 2. The van der Waals surface area contributed by atoms with Crippen LogP contribution in [0.25, 0.3) is 11.0 Å². The van der Waals surface area contributed by atoms with Crippen LogP contribution in [-0.4, -0.2) is 52.7 Å². The van der Waals surface area contributed by atoms with Gasteiger partial charge in [-0.25, -0.2) is 9.93 Å². The molecule has 0 spiro atoms. The van der Waals surface area contributed by atoms with Gasteiger partial charge >= 0.3 is 5.69 Å². The molecular weight excluding hydrogens is 458 g/mol. The predicted octanol–water partition coefficient (Wildman–Crippen LogP) is 1.44. The number of aliphatic hydroxyl groups is 1. The van der Waals surface area contributed by atoms with Gasteiger partial charge in [-0.3, -0.25) is 9.29 Å². The number of H-pyrrole nitrogens is 1. The van der Waals surface area contributed by atoms with Crippen molar-refractivity contribution in [2.24, 2.45) is 5.14 Å². The predicted molar refractivity (Wildman–Crippen MR) is 124 cm³/mol. The van der Waals surface area contributed by atoms with Crippen LogP contribution >= 0.6 is 12.4 Å². The van der Waals surface area contributed by atoms with Gasteiger partial charge in [0.25, 0.3) is 10.2 Å². The lowest BCUT2D eigenvalue weighted by atomic mass is 10.0. The Morgan fingerprint density at radius 3 is 2.56 bits per heavy atom. The summed E-state index contributed by atoms with van der Waals surface area (Å²) in [7, 11) is -4.05. The normalized spacial score (nSPS) is 16.6. The Balaban J connectivity index is 0.00000289. The zero-order valence-electron chi connectivity index (χ0n) is 17.1. The number of nitrogens with two attached hydrogens (primary N) is 1. The fourth-order valence-electron chi connectivity index (χ4n) is 4.14. The molecular formula is C20H26ClN5O5S. The van der Waals surface area contributed by atoms with Gasteiger partial charge in [0.05, 0.1) is 22.8 Å². The number of β-amino-alcohol motifs (C(OH)–C–C–N with tert-alkyl or cyclic N) is 1. The summed E-state index contributed by atoms with van der Waals surface area (Å²) in [5, 5.41) is 25.4. The van der Waals surface area contributed by atoms with Gasteiger partial charge in [-0.2, -0.15) is 8.42 Å². The van der Waals surface area contributed by atoms with E-state index < -0.39 is 16.3 Å². The van der Waals surface area contributed by atoms with Crippen LogP contribution in [0, 0.1) is 0 Å². The van der Waals surface area contributed by atoms with E-state index in [0.29, 0.717) is 25.2 Å². The van der Waals surface area contributed by atoms with Crippen LogP contribution in [0.2, 0.25) is 0 Å². The van der Waals surface area contributed by atoms with Crippen molar-refractivity contribution < 1.29 is 18.6 Å². The molecule has 10 nitrogen and oxygen atoms in total. The molecule has 1 aliphatic rings. The van der Waals surface area contributed by atoms with E-state index in [4.69, 9.17) is 5.14 Å². The number of likely N-dealkylation sites (tertiary alicyclic amines) is 1. The van der Waals surface area contributed by atoms with Crippen LogP contribution in [0.3, 0.4) is 0 Å². The number of rotatable bonds is 6. The second-order valence-electron chi connectivity index (χ2n) is 7.79. The number of phenolic OH excluding ortho intramolecular Hbond substituents is 1. The minimum atomic E-state index is -4.05. The van der Waals surface area contributed by atoms with Crippen LogP contribution in [-0.2, 0) is 10.2 Å². The Labute approximate surface area is 191 Å². The standard InChI is InChI=1S/C20H25N5O5S.ClH/c21-31(29,30)23-16-11-13(5-6-18(16)26)19(27)12-24-9-7-14(8-10-24)25-17-4-2-1-3-15(17)22-20(25)28;/h1-6,11,14,19,23,26-27H,7-10,12H2,(H,22,28)(H2,21,29,30);1H. The van der Waals surface area contributed by atoms with Gasteiger partial charge < -0.3 is 20.1 Å². The van der Waals surface area contributed by atoms with Gasteiger partial charge in [0.2, 0.25) is 0 Å². The van der Waals surface area contributed by atoms with E-state index in [1.54, 1.807) is 0 Å². The van der Waals surface area contributed by atoms with Crippen molar-refractivity contribution in [1.29, 1.82) is 0 Å². The molecule has 12 heteroatoms. The Morgan fingerprint density at radius 2 is 1.88 bits per heavy atom. The maximum atomic E-state index is 12.4. The summed E-state index contributed by atoms with van der Waals surface area (Å²) in [6, 6.07) is 11.9. The Bertz CT molecular complexity index is 1250. The minimum absolute atomic E-state index is 0. The zero-order chi connectivity index (χ0) is 22.2. The van der Waals surface area contributed by atoms with Gasteiger partial charge in [-0.1, -0.05) is 18.2 Å². The van der Waals surface area contributed by atoms with Crippen LogP contribution < -0.4 is 15.6 Å². The summed E-state index contributed by atoms with van der Waals surface area (Å²) in [6.07, 6.45) is 0.652. The third-order valence-electron chi connectivity index (χ3n) is 5.63. The fraction of sp³-hybridized carbons (Fsp3) is 0.350. The molecule has 2 aromatic carbocycles. The number of nitrogens with zero attached hydrogens (tertiary/aromatic N) is 2. The highest BCUT2D eigenvalue weighted by molar-refractivity contribution is 7.90. The lowest BCUT2D eigenvalue weighted by molar-refractivity contribution is 0.0907. The van der Waals surface area contributed by atoms with Crippen LogP contribution in [0.1, 0.15) is 30.6 Å². The summed E-state index contributed by atoms with van der Waals surface area (Å²) >= 11 is 0. The molecule has 0 amide bonds. The summed E-state index contributed by atoms with van der Waals surface area (Å²) in [4.78, 5) is 17.4. The van der Waals surface area contributed by atoms with E-state index in [2.05, 4.69) is 9.88 Å². The number of fused-ring (bicyclic) bond motifs is 1. The Kier molecular flexibility index (Phi) is 7.16. The molecule has 1 atom stereocenters. The summed E-state index contributed by atoms with van der Waals surface area (Å²) < 4.78 is 26.3. The van der Waals surface area contributed by atoms with Crippen molar-refractivity contribution in [3.8, 4) is 5.75 Å². The van der Waals surface area contributed by atoms with Crippen molar-refractivity contribution in [3.63, 3.8) is 0 Å². The lowest BCUT2D eigenvalue weighted by Crippen LogP contribution is -2.39. The summed E-state index contributed by atoms with van der Waals surface area (Å²) in [5.74, 6) is -0.282. The number of aromatic hydroxyl groups is 1. The van der Waals surface area contributed by atoms with Crippen molar-refractivity contribution in [1.82, 2.24) is 14.5 Å². The number of halogens is 1. The SMILES string of the molecule is Cl.NS(=O)(=O)Nc1cc(C(O)CN2CCC(n3c(=O)[nH]c4ccccc43)CC2)ccc1O. The summed E-state index contributed by atoms with van der Waals surface area (Å²) in [6.45, 7) is 1.75. The Hall–Kier alpha value is -2.57. The maximum absolute atomic E-state index is 12.4. The molecule has 32 heavy (non-hydrogen) atoms. The summed E-state index contributed by atoms with van der Waals surface area (Å²) in [5.41, 5.74) is 1.97. The number of phenols is 1. The smallest absolute Gasteiger partial charge is 0.326 e. The number of nitrogens with one attached hydrogen (secondary N) is 2. The molecule has 0 aliphatic carbocycles. The van der Waals surface area contributed by atoms with Gasteiger partial charge in [-0.05, 0) is 42.7 Å². The molecule has 1 fully saturated rings. The molecule has 0 saturated carbocycles. The second kappa shape index (κ2) is 9.51. The maximum Gasteiger partial charge on any atom is 0.326 e. The lowest BCUT2D eigenvalue weighted by Gasteiger charge is -2.33. The number of aliphatic hydroxyl groups excluding tert-OH is 1. The molecule has 1 saturated heterocycles. The number of hydrogen-bond acceptors (Lipinski definition) is 6. The molecule has 3 aromatic rings. The van der Waals surface area contributed by atoms with Crippen LogP contribution in [0.5, 0.6) is 5.75 Å². The number of anilines is 1. The van der Waals surface area contributed by atoms with E-state index in [1.165, 1.54) is 18.2 Å². The Morgan fingerprint density at radius 1 is 1.19 bits per heavy atom.